The zero-order valence-corrected chi connectivity index (χ0v) is 6.21. The third-order valence-corrected chi connectivity index (χ3v) is 3.21. The number of rotatable bonds is 0. The summed E-state index contributed by atoms with van der Waals surface area (Å²) in [7, 11) is 0. The predicted octanol–water partition coefficient (Wildman–Crippen LogP) is -0.337. The van der Waals surface area contributed by atoms with Crippen LogP contribution in [0.15, 0.2) is 0 Å². The van der Waals surface area contributed by atoms with Crippen LogP contribution in [0.25, 0.3) is 0 Å². The van der Waals surface area contributed by atoms with Gasteiger partial charge in [0.2, 0.25) is 0 Å². The molecule has 2 saturated heterocycles. The van der Waals surface area contributed by atoms with E-state index in [1.54, 1.807) is 0 Å². The molecule has 2 heterocycles. The second-order valence-electron chi connectivity index (χ2n) is 2.66. The van der Waals surface area contributed by atoms with Gasteiger partial charge in [0.05, 0.1) is 0 Å². The summed E-state index contributed by atoms with van der Waals surface area (Å²) in [6, 6.07) is 1.53. The van der Waals surface area contributed by atoms with Crippen molar-refractivity contribution in [3.63, 3.8) is 0 Å². The molecule has 2 N–H and O–H groups in total. The molecule has 0 aromatic heterocycles. The Hall–Kier alpha value is 0.270. The summed E-state index contributed by atoms with van der Waals surface area (Å²) in [5, 5.41) is 7.00. The Morgan fingerprint density at radius 3 is 2.11 bits per heavy atom. The zero-order valence-electron chi connectivity index (χ0n) is 5.39. The van der Waals surface area contributed by atoms with E-state index >= 15 is 0 Å². The van der Waals surface area contributed by atoms with Crippen LogP contribution in [0.2, 0.25) is 0 Å². The van der Waals surface area contributed by atoms with Crippen LogP contribution >= 0.6 is 11.8 Å². The second-order valence-corrected chi connectivity index (χ2v) is 3.73. The Kier molecular flexibility index (Phi) is 1.66. The van der Waals surface area contributed by atoms with Gasteiger partial charge in [-0.2, -0.15) is 11.8 Å². The third kappa shape index (κ3) is 1.09. The maximum Gasteiger partial charge on any atom is 0.0320 e. The molecular weight excluding hydrogens is 132 g/mol. The first-order valence-electron chi connectivity index (χ1n) is 3.51. The highest BCUT2D eigenvalue weighted by atomic mass is 32.2. The molecule has 2 nitrogen and oxygen atoms in total. The molecule has 2 aliphatic heterocycles. The summed E-state index contributed by atoms with van der Waals surface area (Å²) in [6.45, 7) is 2.31. The molecule has 0 radical (unpaired) electrons. The second kappa shape index (κ2) is 2.48. The lowest BCUT2D eigenvalue weighted by atomic mass is 10.1. The number of fused-ring (bicyclic) bond motifs is 1. The molecule has 9 heavy (non-hydrogen) atoms. The van der Waals surface area contributed by atoms with Gasteiger partial charge in [-0.05, 0) is 0 Å². The first-order chi connectivity index (χ1) is 4.47. The van der Waals surface area contributed by atoms with Gasteiger partial charge in [0.25, 0.3) is 0 Å². The normalized spacial score (nSPS) is 42.7. The van der Waals surface area contributed by atoms with E-state index in [1.807, 2.05) is 0 Å². The molecule has 3 heteroatoms. The van der Waals surface area contributed by atoms with Crippen LogP contribution in [0.1, 0.15) is 0 Å². The topological polar surface area (TPSA) is 24.1 Å². The Balaban J connectivity index is 1.97. The van der Waals surface area contributed by atoms with Gasteiger partial charge in [0.15, 0.2) is 0 Å². The standard InChI is InChI=1S/C6H12N2S/c1-2-8-6-4-9-3-5(6)7-1/h5-8H,1-4H2. The maximum atomic E-state index is 3.50. The molecular formula is C6H12N2S. The van der Waals surface area contributed by atoms with Gasteiger partial charge in [-0.15, -0.1) is 0 Å². The highest BCUT2D eigenvalue weighted by molar-refractivity contribution is 7.99. The van der Waals surface area contributed by atoms with Crippen molar-refractivity contribution in [1.29, 1.82) is 0 Å². The number of hydrogen-bond donors (Lipinski definition) is 2. The molecule has 0 bridgehead atoms. The van der Waals surface area contributed by atoms with E-state index in [2.05, 4.69) is 22.4 Å². The predicted molar refractivity (Wildman–Crippen MR) is 40.9 cm³/mol. The number of nitrogens with one attached hydrogen (secondary N) is 2. The molecule has 2 rings (SSSR count). The van der Waals surface area contributed by atoms with E-state index in [0.29, 0.717) is 0 Å². The van der Waals surface area contributed by atoms with Crippen molar-refractivity contribution in [3.05, 3.63) is 0 Å². The molecule has 0 aromatic rings. The van der Waals surface area contributed by atoms with Gasteiger partial charge < -0.3 is 10.6 Å². The fourth-order valence-electron chi connectivity index (χ4n) is 1.47. The Labute approximate surface area is 59.8 Å². The van der Waals surface area contributed by atoms with Crippen molar-refractivity contribution in [2.75, 3.05) is 24.6 Å². The van der Waals surface area contributed by atoms with E-state index in [-0.39, 0.29) is 0 Å². The van der Waals surface area contributed by atoms with Crippen molar-refractivity contribution in [2.45, 2.75) is 12.1 Å². The molecule has 0 amide bonds. The number of piperazine rings is 1. The average molecular weight is 144 g/mol. The van der Waals surface area contributed by atoms with Crippen LogP contribution in [-0.2, 0) is 0 Å². The minimum absolute atomic E-state index is 0.767. The van der Waals surface area contributed by atoms with Crippen molar-refractivity contribution < 1.29 is 0 Å². The van der Waals surface area contributed by atoms with Gasteiger partial charge >= 0.3 is 0 Å². The largest absolute Gasteiger partial charge is 0.310 e. The monoisotopic (exact) mass is 144 g/mol. The van der Waals surface area contributed by atoms with E-state index in [0.717, 1.165) is 25.2 Å². The Bertz CT molecular complexity index is 95.2. The lowest BCUT2D eigenvalue weighted by Crippen LogP contribution is -2.55. The quantitative estimate of drug-likeness (QED) is 0.486. The van der Waals surface area contributed by atoms with Crippen molar-refractivity contribution in [1.82, 2.24) is 10.6 Å². The van der Waals surface area contributed by atoms with Crippen LogP contribution in [0.5, 0.6) is 0 Å². The van der Waals surface area contributed by atoms with Gasteiger partial charge in [0.1, 0.15) is 0 Å². The molecule has 2 unspecified atom stereocenters. The van der Waals surface area contributed by atoms with Crippen LogP contribution in [-0.4, -0.2) is 36.7 Å². The molecule has 52 valence electrons. The van der Waals surface area contributed by atoms with Crippen LogP contribution in [0, 0.1) is 0 Å². The maximum absolute atomic E-state index is 3.50. The lowest BCUT2D eigenvalue weighted by Gasteiger charge is -2.26. The molecule has 0 aromatic carbocycles. The average Bonchev–Trinajstić information content (AvgIpc) is 2.33. The minimum atomic E-state index is 0.767. The SMILES string of the molecule is C1CNC2CSCC2N1. The van der Waals surface area contributed by atoms with Crippen molar-refractivity contribution in [3.8, 4) is 0 Å². The molecule has 0 saturated carbocycles. The van der Waals surface area contributed by atoms with E-state index in [9.17, 15) is 0 Å². The Morgan fingerprint density at radius 2 is 1.56 bits per heavy atom. The minimum Gasteiger partial charge on any atom is -0.310 e. The van der Waals surface area contributed by atoms with Crippen LogP contribution in [0.3, 0.4) is 0 Å². The zero-order chi connectivity index (χ0) is 6.10. The first kappa shape index (κ1) is 6.01. The summed E-state index contributed by atoms with van der Waals surface area (Å²) in [5.74, 6) is 2.61. The molecule has 0 aliphatic carbocycles. The molecule has 2 atom stereocenters. The smallest absolute Gasteiger partial charge is 0.0320 e. The fraction of sp³-hybridized carbons (Fsp3) is 1.00. The van der Waals surface area contributed by atoms with E-state index in [1.165, 1.54) is 11.5 Å². The molecule has 0 spiro atoms. The highest BCUT2D eigenvalue weighted by Gasteiger charge is 2.28. The Morgan fingerprint density at radius 1 is 1.00 bits per heavy atom. The summed E-state index contributed by atoms with van der Waals surface area (Å²) in [4.78, 5) is 0. The molecule has 2 aliphatic rings. The summed E-state index contributed by atoms with van der Waals surface area (Å²) >= 11 is 2.05. The number of thioether (sulfide) groups is 1. The van der Waals surface area contributed by atoms with Crippen LogP contribution in [0.4, 0.5) is 0 Å². The first-order valence-corrected chi connectivity index (χ1v) is 4.67. The van der Waals surface area contributed by atoms with Gasteiger partial charge in [-0.25, -0.2) is 0 Å². The fourth-order valence-corrected chi connectivity index (χ4v) is 2.82. The van der Waals surface area contributed by atoms with E-state index < -0.39 is 0 Å². The van der Waals surface area contributed by atoms with Crippen molar-refractivity contribution >= 4 is 11.8 Å². The summed E-state index contributed by atoms with van der Waals surface area (Å²) in [6.07, 6.45) is 0. The lowest BCUT2D eigenvalue weighted by molar-refractivity contribution is 0.377. The third-order valence-electron chi connectivity index (χ3n) is 2.02. The summed E-state index contributed by atoms with van der Waals surface area (Å²) < 4.78 is 0. The number of hydrogen-bond acceptors (Lipinski definition) is 3. The molecule has 2 fully saturated rings. The van der Waals surface area contributed by atoms with Crippen LogP contribution < -0.4 is 10.6 Å². The highest BCUT2D eigenvalue weighted by Crippen LogP contribution is 2.19. The van der Waals surface area contributed by atoms with Gasteiger partial charge in [-0.1, -0.05) is 0 Å². The summed E-state index contributed by atoms with van der Waals surface area (Å²) in [5.41, 5.74) is 0. The van der Waals surface area contributed by atoms with Crippen molar-refractivity contribution in [2.24, 2.45) is 0 Å². The van der Waals surface area contributed by atoms with Gasteiger partial charge in [-0.3, -0.25) is 0 Å². The van der Waals surface area contributed by atoms with Gasteiger partial charge in [0, 0.05) is 36.7 Å². The van der Waals surface area contributed by atoms with E-state index in [4.69, 9.17) is 0 Å².